The number of rotatable bonds is 5. The number of urea groups is 1. The number of hydrogen-bond donors (Lipinski definition) is 2. The van der Waals surface area contributed by atoms with Gasteiger partial charge in [0, 0.05) is 11.3 Å². The van der Waals surface area contributed by atoms with Crippen molar-refractivity contribution < 1.29 is 23.9 Å². The largest absolute Gasteiger partial charge is 0.456 e. The minimum Gasteiger partial charge on any atom is -0.456 e. The lowest BCUT2D eigenvalue weighted by Gasteiger charge is -2.32. The van der Waals surface area contributed by atoms with Crippen LogP contribution >= 0.6 is 0 Å². The molecule has 0 saturated heterocycles. The SMILES string of the molecule is CC(=O)c1cccc(NC(=O)CN2C(=O)NC(c3ccc(C)cc3)C3=C2COC3=O)c1. The third-order valence-corrected chi connectivity index (χ3v) is 5.26. The lowest BCUT2D eigenvalue weighted by molar-refractivity contribution is -0.136. The van der Waals surface area contributed by atoms with Gasteiger partial charge in [-0.15, -0.1) is 0 Å². The Morgan fingerprint density at radius 2 is 1.90 bits per heavy atom. The second-order valence-corrected chi connectivity index (χ2v) is 7.50. The van der Waals surface area contributed by atoms with Gasteiger partial charge < -0.3 is 15.4 Å². The summed E-state index contributed by atoms with van der Waals surface area (Å²) in [6.45, 7) is 3.02. The Hall–Kier alpha value is -3.94. The van der Waals surface area contributed by atoms with Crippen molar-refractivity contribution >= 4 is 29.4 Å². The number of anilines is 1. The van der Waals surface area contributed by atoms with Crippen molar-refractivity contribution in [2.45, 2.75) is 19.9 Å². The molecule has 0 spiro atoms. The monoisotopic (exact) mass is 419 g/mol. The molecule has 2 aliphatic rings. The molecule has 2 aromatic carbocycles. The zero-order chi connectivity index (χ0) is 22.1. The number of carbonyl (C=O) groups excluding carboxylic acids is 4. The van der Waals surface area contributed by atoms with Gasteiger partial charge in [0.15, 0.2) is 5.78 Å². The van der Waals surface area contributed by atoms with Crippen LogP contribution in [0, 0.1) is 6.92 Å². The van der Waals surface area contributed by atoms with E-state index in [0.717, 1.165) is 11.1 Å². The molecule has 0 bridgehead atoms. The van der Waals surface area contributed by atoms with Gasteiger partial charge in [-0.05, 0) is 31.5 Å². The molecule has 2 aromatic rings. The summed E-state index contributed by atoms with van der Waals surface area (Å²) in [5, 5.41) is 5.49. The number of ether oxygens (including phenoxy) is 1. The molecule has 2 heterocycles. The van der Waals surface area contributed by atoms with Crippen LogP contribution in [0.15, 0.2) is 59.8 Å². The number of cyclic esters (lactones) is 1. The summed E-state index contributed by atoms with van der Waals surface area (Å²) in [5.74, 6) is -1.10. The highest BCUT2D eigenvalue weighted by molar-refractivity contribution is 6.01. The van der Waals surface area contributed by atoms with Gasteiger partial charge in [0.2, 0.25) is 5.91 Å². The van der Waals surface area contributed by atoms with Crippen molar-refractivity contribution in [1.82, 2.24) is 10.2 Å². The van der Waals surface area contributed by atoms with Gasteiger partial charge in [-0.25, -0.2) is 9.59 Å². The third kappa shape index (κ3) is 4.05. The topological polar surface area (TPSA) is 105 Å². The predicted octanol–water partition coefficient (Wildman–Crippen LogP) is 2.71. The van der Waals surface area contributed by atoms with Crippen LogP contribution in [0.1, 0.15) is 34.5 Å². The van der Waals surface area contributed by atoms with Crippen LogP contribution in [-0.4, -0.2) is 41.7 Å². The van der Waals surface area contributed by atoms with E-state index in [1.54, 1.807) is 24.3 Å². The van der Waals surface area contributed by atoms with E-state index in [4.69, 9.17) is 4.74 Å². The van der Waals surface area contributed by atoms with E-state index in [-0.39, 0.29) is 18.9 Å². The molecule has 31 heavy (non-hydrogen) atoms. The van der Waals surface area contributed by atoms with Gasteiger partial charge in [-0.2, -0.15) is 0 Å². The average Bonchev–Trinajstić information content (AvgIpc) is 3.12. The lowest BCUT2D eigenvalue weighted by atomic mass is 9.95. The van der Waals surface area contributed by atoms with Crippen molar-refractivity contribution in [2.24, 2.45) is 0 Å². The van der Waals surface area contributed by atoms with E-state index in [1.807, 2.05) is 31.2 Å². The van der Waals surface area contributed by atoms with Crippen LogP contribution in [0.2, 0.25) is 0 Å². The molecule has 8 heteroatoms. The van der Waals surface area contributed by atoms with E-state index in [1.165, 1.54) is 11.8 Å². The first-order chi connectivity index (χ1) is 14.8. The summed E-state index contributed by atoms with van der Waals surface area (Å²) in [4.78, 5) is 50.6. The predicted molar refractivity (Wildman–Crippen MR) is 112 cm³/mol. The fraction of sp³-hybridized carbons (Fsp3) is 0.217. The smallest absolute Gasteiger partial charge is 0.338 e. The molecular weight excluding hydrogens is 398 g/mol. The number of benzene rings is 2. The van der Waals surface area contributed by atoms with E-state index >= 15 is 0 Å². The normalized spacial score (nSPS) is 17.7. The molecule has 1 unspecified atom stereocenters. The highest BCUT2D eigenvalue weighted by atomic mass is 16.5. The Morgan fingerprint density at radius 3 is 2.61 bits per heavy atom. The highest BCUT2D eigenvalue weighted by Crippen LogP contribution is 2.35. The minimum absolute atomic E-state index is 0.0724. The first kappa shape index (κ1) is 20.3. The molecule has 0 fully saturated rings. The van der Waals surface area contributed by atoms with E-state index in [2.05, 4.69) is 10.6 Å². The Labute approximate surface area is 178 Å². The first-order valence-corrected chi connectivity index (χ1v) is 9.79. The number of ketones is 1. The maximum Gasteiger partial charge on any atom is 0.338 e. The van der Waals surface area contributed by atoms with Gasteiger partial charge in [-0.1, -0.05) is 42.0 Å². The number of amides is 3. The molecule has 2 aliphatic heterocycles. The second-order valence-electron chi connectivity index (χ2n) is 7.50. The molecular formula is C23H21N3O5. The fourth-order valence-electron chi connectivity index (χ4n) is 3.65. The quantitative estimate of drug-likeness (QED) is 0.573. The fourth-order valence-corrected chi connectivity index (χ4v) is 3.65. The van der Waals surface area contributed by atoms with Crippen molar-refractivity contribution in [2.75, 3.05) is 18.5 Å². The Balaban J connectivity index is 1.57. The standard InChI is InChI=1S/C23H21N3O5/c1-13-6-8-15(9-7-13)21-20-18(12-31-22(20)29)26(23(30)25-21)11-19(28)24-17-5-3-4-16(10-17)14(2)27/h3-10,21H,11-12H2,1-2H3,(H,24,28)(H,25,30). The van der Waals surface area contributed by atoms with Gasteiger partial charge >= 0.3 is 12.0 Å². The van der Waals surface area contributed by atoms with Crippen LogP contribution in [0.4, 0.5) is 10.5 Å². The number of Topliss-reactive ketones (excluding diaryl/α,β-unsaturated/α-hetero) is 1. The summed E-state index contributed by atoms with van der Waals surface area (Å²) in [7, 11) is 0. The van der Waals surface area contributed by atoms with E-state index in [0.29, 0.717) is 22.5 Å². The summed E-state index contributed by atoms with van der Waals surface area (Å²) in [6, 6.07) is 12.9. The molecule has 4 rings (SSSR count). The molecule has 3 amide bonds. The summed E-state index contributed by atoms with van der Waals surface area (Å²) >= 11 is 0. The van der Waals surface area contributed by atoms with Gasteiger partial charge in [0.05, 0.1) is 17.3 Å². The summed E-state index contributed by atoms with van der Waals surface area (Å²) < 4.78 is 5.18. The third-order valence-electron chi connectivity index (χ3n) is 5.26. The van der Waals surface area contributed by atoms with Crippen LogP contribution < -0.4 is 10.6 Å². The van der Waals surface area contributed by atoms with Crippen molar-refractivity contribution in [3.05, 3.63) is 76.5 Å². The van der Waals surface area contributed by atoms with Crippen molar-refractivity contribution in [3.8, 4) is 0 Å². The van der Waals surface area contributed by atoms with Gasteiger partial charge in [0.1, 0.15) is 13.2 Å². The number of esters is 1. The summed E-state index contributed by atoms with van der Waals surface area (Å²) in [5.41, 5.74) is 3.44. The Kier molecular flexibility index (Phi) is 5.29. The number of nitrogens with one attached hydrogen (secondary N) is 2. The van der Waals surface area contributed by atoms with E-state index < -0.39 is 23.9 Å². The minimum atomic E-state index is -0.635. The van der Waals surface area contributed by atoms with Gasteiger partial charge in [-0.3, -0.25) is 14.5 Å². The first-order valence-electron chi connectivity index (χ1n) is 9.79. The van der Waals surface area contributed by atoms with Crippen LogP contribution in [0.25, 0.3) is 0 Å². The van der Waals surface area contributed by atoms with Crippen molar-refractivity contribution in [3.63, 3.8) is 0 Å². The highest BCUT2D eigenvalue weighted by Gasteiger charge is 2.42. The van der Waals surface area contributed by atoms with Crippen LogP contribution in [0.3, 0.4) is 0 Å². The maximum atomic E-state index is 12.8. The summed E-state index contributed by atoms with van der Waals surface area (Å²) in [6.07, 6.45) is 0. The molecule has 8 nitrogen and oxygen atoms in total. The molecule has 0 aliphatic carbocycles. The van der Waals surface area contributed by atoms with E-state index in [9.17, 15) is 19.2 Å². The Morgan fingerprint density at radius 1 is 1.16 bits per heavy atom. The van der Waals surface area contributed by atoms with Crippen molar-refractivity contribution in [1.29, 1.82) is 0 Å². The Bertz CT molecular complexity index is 1120. The van der Waals surface area contributed by atoms with Gasteiger partial charge in [0.25, 0.3) is 0 Å². The number of aryl methyl sites for hydroxylation is 1. The molecule has 0 aromatic heterocycles. The molecule has 158 valence electrons. The maximum absolute atomic E-state index is 12.8. The average molecular weight is 419 g/mol. The zero-order valence-electron chi connectivity index (χ0n) is 17.1. The van der Waals surface area contributed by atoms with Crippen LogP contribution in [0.5, 0.6) is 0 Å². The van der Waals surface area contributed by atoms with Crippen LogP contribution in [-0.2, 0) is 14.3 Å². The number of carbonyl (C=O) groups is 4. The molecule has 1 atom stereocenters. The lowest BCUT2D eigenvalue weighted by Crippen LogP contribution is -2.49. The molecule has 0 saturated carbocycles. The molecule has 0 radical (unpaired) electrons. The second kappa shape index (κ2) is 8.06. The molecule has 2 N–H and O–H groups in total. The number of nitrogens with zero attached hydrogens (tertiary/aromatic N) is 1. The zero-order valence-corrected chi connectivity index (χ0v) is 17.1. The number of hydrogen-bond acceptors (Lipinski definition) is 5.